The zero-order chi connectivity index (χ0) is 15.1. The van der Waals surface area contributed by atoms with Gasteiger partial charge in [-0.15, -0.1) is 0 Å². The SMILES string of the molecule is C/C(C=NNC(=O)c1ccccc1C)=C/c1ccccc1. The molecule has 0 aliphatic rings. The topological polar surface area (TPSA) is 41.5 Å². The summed E-state index contributed by atoms with van der Waals surface area (Å²) in [6.07, 6.45) is 3.65. The average molecular weight is 278 g/mol. The Bertz CT molecular complexity index is 673. The summed E-state index contributed by atoms with van der Waals surface area (Å²) in [6, 6.07) is 17.4. The molecule has 0 aliphatic carbocycles. The highest BCUT2D eigenvalue weighted by molar-refractivity contribution is 5.96. The van der Waals surface area contributed by atoms with E-state index in [0.717, 1.165) is 16.7 Å². The number of hydrogen-bond acceptors (Lipinski definition) is 2. The maximum atomic E-state index is 12.0. The molecule has 2 rings (SSSR count). The molecule has 3 heteroatoms. The summed E-state index contributed by atoms with van der Waals surface area (Å²) in [5, 5.41) is 3.99. The van der Waals surface area contributed by atoms with Gasteiger partial charge >= 0.3 is 0 Å². The van der Waals surface area contributed by atoms with Crippen LogP contribution >= 0.6 is 0 Å². The summed E-state index contributed by atoms with van der Waals surface area (Å²) in [5.41, 5.74) is 6.18. The highest BCUT2D eigenvalue weighted by Crippen LogP contribution is 2.07. The highest BCUT2D eigenvalue weighted by atomic mass is 16.2. The molecule has 0 aliphatic heterocycles. The fraction of sp³-hybridized carbons (Fsp3) is 0.111. The van der Waals surface area contributed by atoms with Gasteiger partial charge in [0.1, 0.15) is 0 Å². The van der Waals surface area contributed by atoms with Crippen molar-refractivity contribution in [1.29, 1.82) is 0 Å². The van der Waals surface area contributed by atoms with Crippen LogP contribution < -0.4 is 5.43 Å². The molecule has 21 heavy (non-hydrogen) atoms. The second-order valence-corrected chi connectivity index (χ2v) is 4.81. The lowest BCUT2D eigenvalue weighted by molar-refractivity contribution is 0.0954. The van der Waals surface area contributed by atoms with Crippen LogP contribution in [0.3, 0.4) is 0 Å². The van der Waals surface area contributed by atoms with Crippen LogP contribution in [0.1, 0.15) is 28.4 Å². The van der Waals surface area contributed by atoms with Crippen molar-refractivity contribution in [2.75, 3.05) is 0 Å². The molecular formula is C18H18N2O. The molecule has 0 unspecified atom stereocenters. The third kappa shape index (κ3) is 4.42. The van der Waals surface area contributed by atoms with E-state index in [1.807, 2.05) is 68.5 Å². The average Bonchev–Trinajstić information content (AvgIpc) is 2.48. The van der Waals surface area contributed by atoms with E-state index in [4.69, 9.17) is 0 Å². The molecule has 0 aromatic heterocycles. The van der Waals surface area contributed by atoms with E-state index in [-0.39, 0.29) is 5.91 Å². The summed E-state index contributed by atoms with van der Waals surface area (Å²) in [6.45, 7) is 3.84. The zero-order valence-corrected chi connectivity index (χ0v) is 12.2. The van der Waals surface area contributed by atoms with Crippen LogP contribution in [0.4, 0.5) is 0 Å². The zero-order valence-electron chi connectivity index (χ0n) is 12.2. The van der Waals surface area contributed by atoms with Gasteiger partial charge in [-0.25, -0.2) is 5.43 Å². The van der Waals surface area contributed by atoms with Gasteiger partial charge in [0, 0.05) is 5.56 Å². The minimum atomic E-state index is -0.197. The molecule has 0 radical (unpaired) electrons. The molecule has 0 bridgehead atoms. The van der Waals surface area contributed by atoms with Crippen molar-refractivity contribution in [3.63, 3.8) is 0 Å². The predicted octanol–water partition coefficient (Wildman–Crippen LogP) is 3.81. The van der Waals surface area contributed by atoms with Gasteiger partial charge in [-0.05, 0) is 36.6 Å². The normalized spacial score (nSPS) is 11.6. The van der Waals surface area contributed by atoms with Gasteiger partial charge in [0.15, 0.2) is 0 Å². The summed E-state index contributed by atoms with van der Waals surface area (Å²) >= 11 is 0. The third-order valence-corrected chi connectivity index (χ3v) is 3.02. The number of carbonyl (C=O) groups excluding carboxylic acids is 1. The monoisotopic (exact) mass is 278 g/mol. The van der Waals surface area contributed by atoms with Crippen molar-refractivity contribution in [3.8, 4) is 0 Å². The number of hydrazone groups is 1. The number of aryl methyl sites for hydroxylation is 1. The van der Waals surface area contributed by atoms with Crippen LogP contribution in [-0.2, 0) is 0 Å². The minimum Gasteiger partial charge on any atom is -0.267 e. The van der Waals surface area contributed by atoms with Crippen molar-refractivity contribution >= 4 is 18.2 Å². The van der Waals surface area contributed by atoms with Crippen LogP contribution in [0.5, 0.6) is 0 Å². The summed E-state index contributed by atoms with van der Waals surface area (Å²) < 4.78 is 0. The smallest absolute Gasteiger partial charge is 0.267 e. The van der Waals surface area contributed by atoms with Crippen molar-refractivity contribution in [3.05, 3.63) is 76.9 Å². The van der Waals surface area contributed by atoms with Crippen LogP contribution in [-0.4, -0.2) is 12.1 Å². The van der Waals surface area contributed by atoms with Crippen LogP contribution in [0, 0.1) is 6.92 Å². The number of nitrogens with one attached hydrogen (secondary N) is 1. The molecule has 0 fully saturated rings. The van der Waals surface area contributed by atoms with Crippen LogP contribution in [0.15, 0.2) is 65.3 Å². The first-order valence-electron chi connectivity index (χ1n) is 6.79. The Labute approximate surface area is 125 Å². The van der Waals surface area contributed by atoms with E-state index in [1.165, 1.54) is 0 Å². The van der Waals surface area contributed by atoms with E-state index in [2.05, 4.69) is 10.5 Å². The molecule has 1 amide bonds. The van der Waals surface area contributed by atoms with Gasteiger partial charge in [0.25, 0.3) is 5.91 Å². The molecule has 1 N–H and O–H groups in total. The molecule has 0 atom stereocenters. The maximum Gasteiger partial charge on any atom is 0.271 e. The van der Waals surface area contributed by atoms with Crippen molar-refractivity contribution in [2.24, 2.45) is 5.10 Å². The van der Waals surface area contributed by atoms with Crippen molar-refractivity contribution < 1.29 is 4.79 Å². The number of carbonyl (C=O) groups is 1. The Morgan fingerprint density at radius 3 is 2.43 bits per heavy atom. The molecule has 106 valence electrons. The molecule has 2 aromatic carbocycles. The quantitative estimate of drug-likeness (QED) is 0.670. The predicted molar refractivity (Wildman–Crippen MR) is 87.2 cm³/mol. The lowest BCUT2D eigenvalue weighted by atomic mass is 10.1. The largest absolute Gasteiger partial charge is 0.271 e. The lowest BCUT2D eigenvalue weighted by Gasteiger charge is -2.03. The standard InChI is InChI=1S/C18H18N2O/c1-14(12-16-9-4-3-5-10-16)13-19-20-18(21)17-11-7-6-8-15(17)2/h3-13H,1-2H3,(H,20,21)/b14-12-,19-13?. The number of nitrogens with zero attached hydrogens (tertiary/aromatic N) is 1. The van der Waals surface area contributed by atoms with Crippen molar-refractivity contribution in [1.82, 2.24) is 5.43 Å². The molecule has 0 heterocycles. The Kier molecular flexibility index (Phi) is 5.04. The first-order chi connectivity index (χ1) is 10.2. The highest BCUT2D eigenvalue weighted by Gasteiger charge is 2.05. The molecule has 2 aromatic rings. The number of amides is 1. The molecule has 0 saturated heterocycles. The number of benzene rings is 2. The molecular weight excluding hydrogens is 260 g/mol. The van der Waals surface area contributed by atoms with E-state index in [9.17, 15) is 4.79 Å². The van der Waals surface area contributed by atoms with E-state index in [1.54, 1.807) is 12.3 Å². The number of allylic oxidation sites excluding steroid dienone is 1. The number of hydrogen-bond donors (Lipinski definition) is 1. The minimum absolute atomic E-state index is 0.197. The van der Waals surface area contributed by atoms with Gasteiger partial charge in [-0.2, -0.15) is 5.10 Å². The first kappa shape index (κ1) is 14.7. The summed E-state index contributed by atoms with van der Waals surface area (Å²) in [4.78, 5) is 12.0. The summed E-state index contributed by atoms with van der Waals surface area (Å²) in [5.74, 6) is -0.197. The van der Waals surface area contributed by atoms with Crippen LogP contribution in [0.25, 0.3) is 6.08 Å². The van der Waals surface area contributed by atoms with E-state index < -0.39 is 0 Å². The lowest BCUT2D eigenvalue weighted by Crippen LogP contribution is -2.18. The Morgan fingerprint density at radius 1 is 1.05 bits per heavy atom. The Morgan fingerprint density at radius 2 is 1.71 bits per heavy atom. The van der Waals surface area contributed by atoms with Gasteiger partial charge in [-0.1, -0.05) is 54.6 Å². The van der Waals surface area contributed by atoms with Crippen molar-refractivity contribution in [2.45, 2.75) is 13.8 Å². The van der Waals surface area contributed by atoms with Crippen LogP contribution in [0.2, 0.25) is 0 Å². The van der Waals surface area contributed by atoms with Gasteiger partial charge in [-0.3, -0.25) is 4.79 Å². The van der Waals surface area contributed by atoms with E-state index >= 15 is 0 Å². The fourth-order valence-corrected chi connectivity index (χ4v) is 1.93. The van der Waals surface area contributed by atoms with E-state index in [0.29, 0.717) is 5.56 Å². The maximum absolute atomic E-state index is 12.0. The Balaban J connectivity index is 1.98. The molecule has 3 nitrogen and oxygen atoms in total. The van der Waals surface area contributed by atoms with Gasteiger partial charge in [0.2, 0.25) is 0 Å². The third-order valence-electron chi connectivity index (χ3n) is 3.02. The molecule has 0 saturated carbocycles. The second-order valence-electron chi connectivity index (χ2n) is 4.81. The number of rotatable bonds is 4. The van der Waals surface area contributed by atoms with Gasteiger partial charge in [0.05, 0.1) is 6.21 Å². The van der Waals surface area contributed by atoms with Gasteiger partial charge < -0.3 is 0 Å². The first-order valence-corrected chi connectivity index (χ1v) is 6.79. The Hall–Kier alpha value is -2.68. The fourth-order valence-electron chi connectivity index (χ4n) is 1.93. The molecule has 0 spiro atoms. The second kappa shape index (κ2) is 7.20. The summed E-state index contributed by atoms with van der Waals surface area (Å²) in [7, 11) is 0.